The van der Waals surface area contributed by atoms with Crippen LogP contribution in [-0.4, -0.2) is 5.11 Å². The van der Waals surface area contributed by atoms with E-state index in [0.717, 1.165) is 11.1 Å². The lowest BCUT2D eigenvalue weighted by molar-refractivity contribution is 0.151. The molecule has 3 aromatic rings. The molecule has 0 saturated heterocycles. The second kappa shape index (κ2) is 5.51. The minimum atomic E-state index is -0.793. The van der Waals surface area contributed by atoms with Crippen molar-refractivity contribution in [2.24, 2.45) is 0 Å². The third kappa shape index (κ3) is 2.80. The number of benzene rings is 2. The summed E-state index contributed by atoms with van der Waals surface area (Å²) in [5, 5.41) is 11.7. The molecule has 0 bridgehead atoms. The minimum absolute atomic E-state index is 0.317. The fraction of sp³-hybridized carbons (Fsp3) is 0.176. The predicted octanol–water partition coefficient (Wildman–Crippen LogP) is 4.81. The SMILES string of the molecule is Cc1c(C(O)Cc2cccc(Cl)c2)oc2ccc(F)cc12. The van der Waals surface area contributed by atoms with E-state index in [2.05, 4.69) is 0 Å². The van der Waals surface area contributed by atoms with Crippen LogP contribution in [0.2, 0.25) is 5.02 Å². The van der Waals surface area contributed by atoms with Gasteiger partial charge >= 0.3 is 0 Å². The fourth-order valence-electron chi connectivity index (χ4n) is 2.51. The van der Waals surface area contributed by atoms with Crippen molar-refractivity contribution >= 4 is 22.6 Å². The van der Waals surface area contributed by atoms with Gasteiger partial charge < -0.3 is 9.52 Å². The van der Waals surface area contributed by atoms with E-state index in [1.54, 1.807) is 12.1 Å². The largest absolute Gasteiger partial charge is 0.458 e. The number of aliphatic hydroxyl groups is 1. The Balaban J connectivity index is 1.94. The number of hydrogen-bond donors (Lipinski definition) is 1. The Kier molecular flexibility index (Phi) is 3.70. The van der Waals surface area contributed by atoms with Crippen molar-refractivity contribution in [3.05, 3.63) is 70.2 Å². The zero-order chi connectivity index (χ0) is 15.0. The molecular formula is C17H14ClFO2. The molecule has 0 aliphatic carbocycles. The molecule has 108 valence electrons. The van der Waals surface area contributed by atoms with Gasteiger partial charge in [-0.15, -0.1) is 0 Å². The first-order chi connectivity index (χ1) is 10.0. The van der Waals surface area contributed by atoms with Gasteiger partial charge in [0.1, 0.15) is 23.3 Å². The number of fused-ring (bicyclic) bond motifs is 1. The van der Waals surface area contributed by atoms with E-state index in [1.165, 1.54) is 12.1 Å². The molecule has 0 spiro atoms. The highest BCUT2D eigenvalue weighted by Crippen LogP contribution is 2.31. The molecule has 1 aromatic heterocycles. The molecule has 0 amide bonds. The average Bonchev–Trinajstić information content (AvgIpc) is 2.76. The first-order valence-electron chi connectivity index (χ1n) is 6.65. The number of aryl methyl sites for hydroxylation is 1. The van der Waals surface area contributed by atoms with E-state index < -0.39 is 6.10 Å². The highest BCUT2D eigenvalue weighted by atomic mass is 35.5. The van der Waals surface area contributed by atoms with Crippen molar-refractivity contribution in [2.45, 2.75) is 19.4 Å². The molecule has 1 N–H and O–H groups in total. The van der Waals surface area contributed by atoms with Crippen LogP contribution in [0.25, 0.3) is 11.0 Å². The van der Waals surface area contributed by atoms with Crippen LogP contribution in [-0.2, 0) is 6.42 Å². The second-order valence-corrected chi connectivity index (χ2v) is 5.52. The van der Waals surface area contributed by atoms with Crippen LogP contribution in [0.4, 0.5) is 4.39 Å². The number of furan rings is 1. The maximum atomic E-state index is 13.3. The number of hydrogen-bond acceptors (Lipinski definition) is 2. The number of rotatable bonds is 3. The van der Waals surface area contributed by atoms with E-state index in [1.807, 2.05) is 25.1 Å². The molecule has 21 heavy (non-hydrogen) atoms. The fourth-order valence-corrected chi connectivity index (χ4v) is 2.72. The second-order valence-electron chi connectivity index (χ2n) is 5.08. The van der Waals surface area contributed by atoms with Crippen LogP contribution in [0, 0.1) is 12.7 Å². The van der Waals surface area contributed by atoms with Gasteiger partial charge in [0, 0.05) is 22.4 Å². The lowest BCUT2D eigenvalue weighted by atomic mass is 10.0. The van der Waals surface area contributed by atoms with Crippen LogP contribution in [0.15, 0.2) is 46.9 Å². The lowest BCUT2D eigenvalue weighted by Gasteiger charge is -2.09. The van der Waals surface area contributed by atoms with Gasteiger partial charge in [0.15, 0.2) is 0 Å². The maximum absolute atomic E-state index is 13.3. The highest BCUT2D eigenvalue weighted by Gasteiger charge is 2.19. The Morgan fingerprint density at radius 2 is 2.05 bits per heavy atom. The highest BCUT2D eigenvalue weighted by molar-refractivity contribution is 6.30. The van der Waals surface area contributed by atoms with Gasteiger partial charge in [-0.3, -0.25) is 0 Å². The van der Waals surface area contributed by atoms with Crippen LogP contribution in [0.1, 0.15) is 23.0 Å². The summed E-state index contributed by atoms with van der Waals surface area (Å²) in [5.41, 5.74) is 2.26. The molecule has 2 nitrogen and oxygen atoms in total. The molecule has 0 aliphatic heterocycles. The van der Waals surface area contributed by atoms with Crippen LogP contribution >= 0.6 is 11.6 Å². The van der Waals surface area contributed by atoms with Gasteiger partial charge in [0.25, 0.3) is 0 Å². The summed E-state index contributed by atoms with van der Waals surface area (Å²) in [6.07, 6.45) is -0.400. The van der Waals surface area contributed by atoms with E-state index in [-0.39, 0.29) is 5.82 Å². The summed E-state index contributed by atoms with van der Waals surface area (Å²) in [6.45, 7) is 1.82. The average molecular weight is 305 g/mol. The molecule has 1 atom stereocenters. The zero-order valence-corrected chi connectivity index (χ0v) is 12.2. The van der Waals surface area contributed by atoms with Crippen LogP contribution in [0.5, 0.6) is 0 Å². The van der Waals surface area contributed by atoms with Crippen molar-refractivity contribution in [3.63, 3.8) is 0 Å². The quantitative estimate of drug-likeness (QED) is 0.753. The van der Waals surface area contributed by atoms with E-state index in [9.17, 15) is 9.50 Å². The monoisotopic (exact) mass is 304 g/mol. The Hall–Kier alpha value is -1.84. The third-order valence-corrected chi connectivity index (χ3v) is 3.79. The molecule has 3 rings (SSSR count). The van der Waals surface area contributed by atoms with Crippen molar-refractivity contribution in [3.8, 4) is 0 Å². The van der Waals surface area contributed by atoms with Crippen LogP contribution < -0.4 is 0 Å². The summed E-state index contributed by atoms with van der Waals surface area (Å²) in [6, 6.07) is 11.7. The van der Waals surface area contributed by atoms with Crippen molar-refractivity contribution in [1.29, 1.82) is 0 Å². The normalized spacial score (nSPS) is 12.8. The smallest absolute Gasteiger partial charge is 0.137 e. The van der Waals surface area contributed by atoms with Gasteiger partial charge in [0.05, 0.1) is 0 Å². The molecular weight excluding hydrogens is 291 g/mol. The summed E-state index contributed by atoms with van der Waals surface area (Å²) in [4.78, 5) is 0. The summed E-state index contributed by atoms with van der Waals surface area (Å²) in [7, 11) is 0. The minimum Gasteiger partial charge on any atom is -0.458 e. The van der Waals surface area contributed by atoms with Crippen LogP contribution in [0.3, 0.4) is 0 Å². The molecule has 0 aliphatic rings. The van der Waals surface area contributed by atoms with Gasteiger partial charge in [-0.25, -0.2) is 4.39 Å². The maximum Gasteiger partial charge on any atom is 0.137 e. The van der Waals surface area contributed by atoms with E-state index in [0.29, 0.717) is 28.2 Å². The standard InChI is InChI=1S/C17H14ClFO2/c1-10-14-9-13(19)5-6-16(14)21-17(10)15(20)8-11-3-2-4-12(18)7-11/h2-7,9,15,20H,8H2,1H3. The Morgan fingerprint density at radius 3 is 2.81 bits per heavy atom. The summed E-state index contributed by atoms with van der Waals surface area (Å²) >= 11 is 5.94. The Morgan fingerprint density at radius 1 is 1.24 bits per heavy atom. The molecule has 1 heterocycles. The number of aliphatic hydroxyl groups excluding tert-OH is 1. The first kappa shape index (κ1) is 14.1. The Bertz CT molecular complexity index is 795. The van der Waals surface area contributed by atoms with Crippen molar-refractivity contribution in [2.75, 3.05) is 0 Å². The molecule has 0 saturated carbocycles. The summed E-state index contributed by atoms with van der Waals surface area (Å²) in [5.74, 6) is 0.151. The van der Waals surface area contributed by atoms with Gasteiger partial charge in [-0.2, -0.15) is 0 Å². The molecule has 2 aromatic carbocycles. The van der Waals surface area contributed by atoms with E-state index >= 15 is 0 Å². The van der Waals surface area contributed by atoms with Gasteiger partial charge in [-0.05, 0) is 42.8 Å². The van der Waals surface area contributed by atoms with Crippen molar-refractivity contribution < 1.29 is 13.9 Å². The van der Waals surface area contributed by atoms with Gasteiger partial charge in [-0.1, -0.05) is 23.7 Å². The zero-order valence-electron chi connectivity index (χ0n) is 11.4. The topological polar surface area (TPSA) is 33.4 Å². The molecule has 1 unspecified atom stereocenters. The van der Waals surface area contributed by atoms with Gasteiger partial charge in [0.2, 0.25) is 0 Å². The molecule has 0 radical (unpaired) electrons. The summed E-state index contributed by atoms with van der Waals surface area (Å²) < 4.78 is 19.0. The predicted molar refractivity (Wildman–Crippen MR) is 81.0 cm³/mol. The first-order valence-corrected chi connectivity index (χ1v) is 7.03. The van der Waals surface area contributed by atoms with Crippen molar-refractivity contribution in [1.82, 2.24) is 0 Å². The molecule has 4 heteroatoms. The number of halogens is 2. The molecule has 0 fully saturated rings. The third-order valence-electron chi connectivity index (χ3n) is 3.56. The van der Waals surface area contributed by atoms with E-state index in [4.69, 9.17) is 16.0 Å². The Labute approximate surface area is 126 Å². The lowest BCUT2D eigenvalue weighted by Crippen LogP contribution is -2.02.